The van der Waals surface area contributed by atoms with E-state index in [-0.39, 0.29) is 18.8 Å². The lowest BCUT2D eigenvalue weighted by Crippen LogP contribution is -2.69. The zero-order chi connectivity index (χ0) is 17.7. The fourth-order valence-electron chi connectivity index (χ4n) is 1.73. The smallest absolute Gasteiger partial charge is 0.441 e. The molecule has 1 amide bonds. The zero-order valence-corrected chi connectivity index (χ0v) is 13.0. The van der Waals surface area contributed by atoms with Crippen LogP contribution in [-0.4, -0.2) is 35.3 Å². The van der Waals surface area contributed by atoms with Gasteiger partial charge in [0.25, 0.3) is 0 Å². The molecule has 1 aromatic heterocycles. The van der Waals surface area contributed by atoms with E-state index in [1.807, 2.05) is 5.32 Å². The Bertz CT molecular complexity index is 578. The molecule has 128 valence electrons. The number of nitrogens with zero attached hydrogens (tertiary/aromatic N) is 1. The lowest BCUT2D eigenvalue weighted by atomic mass is 10.1. The highest BCUT2D eigenvalue weighted by molar-refractivity contribution is 5.91. The van der Waals surface area contributed by atoms with Crippen LogP contribution < -0.4 is 10.6 Å². The Morgan fingerprint density at radius 1 is 1.26 bits per heavy atom. The van der Waals surface area contributed by atoms with Gasteiger partial charge in [0, 0.05) is 12.1 Å². The van der Waals surface area contributed by atoms with Crippen molar-refractivity contribution in [2.75, 3.05) is 11.9 Å². The molecule has 0 saturated heterocycles. The minimum absolute atomic E-state index is 0.216. The predicted molar refractivity (Wildman–Crippen MR) is 76.4 cm³/mol. The number of hydrogen-bond donors (Lipinski definition) is 2. The third-order valence-corrected chi connectivity index (χ3v) is 2.86. The summed E-state index contributed by atoms with van der Waals surface area (Å²) >= 11 is 0. The largest absolute Gasteiger partial charge is 0.463 e. The van der Waals surface area contributed by atoms with E-state index in [0.717, 1.165) is 0 Å². The van der Waals surface area contributed by atoms with Crippen LogP contribution in [0.4, 0.5) is 19.0 Å². The van der Waals surface area contributed by atoms with Crippen LogP contribution in [0.1, 0.15) is 26.0 Å². The Morgan fingerprint density at radius 2 is 1.91 bits per heavy atom. The highest BCUT2D eigenvalue weighted by Gasteiger charge is 2.63. The molecule has 1 heterocycles. The summed E-state index contributed by atoms with van der Waals surface area (Å²) in [4.78, 5) is 27.4. The van der Waals surface area contributed by atoms with Gasteiger partial charge in [0.1, 0.15) is 5.82 Å². The molecule has 9 heteroatoms. The number of hydrogen-bond acceptors (Lipinski definition) is 5. The highest BCUT2D eigenvalue weighted by Crippen LogP contribution is 2.32. The van der Waals surface area contributed by atoms with Crippen molar-refractivity contribution in [3.05, 3.63) is 23.9 Å². The second-order valence-corrected chi connectivity index (χ2v) is 4.66. The number of pyridine rings is 1. The van der Waals surface area contributed by atoms with Gasteiger partial charge in [-0.1, -0.05) is 13.0 Å². The molecule has 1 atom stereocenters. The van der Waals surface area contributed by atoms with Crippen LogP contribution in [0.2, 0.25) is 0 Å². The molecule has 2 N–H and O–H groups in total. The van der Waals surface area contributed by atoms with E-state index < -0.39 is 23.7 Å². The fourth-order valence-corrected chi connectivity index (χ4v) is 1.73. The van der Waals surface area contributed by atoms with Crippen LogP contribution in [-0.2, 0) is 14.3 Å². The zero-order valence-electron chi connectivity index (χ0n) is 13.0. The van der Waals surface area contributed by atoms with E-state index in [1.54, 1.807) is 18.3 Å². The third-order valence-electron chi connectivity index (χ3n) is 2.86. The normalized spacial score (nSPS) is 13.8. The summed E-state index contributed by atoms with van der Waals surface area (Å²) in [5.41, 5.74) is -2.96. The first-order valence-electron chi connectivity index (χ1n) is 6.93. The number of ether oxygens (including phenoxy) is 1. The van der Waals surface area contributed by atoms with Gasteiger partial charge in [-0.05, 0) is 26.0 Å². The highest BCUT2D eigenvalue weighted by atomic mass is 19.4. The molecule has 0 fully saturated rings. The molecule has 6 nitrogen and oxygen atoms in total. The average Bonchev–Trinajstić information content (AvgIpc) is 2.45. The molecule has 0 aromatic carbocycles. The standard InChI is InChI=1S/C14H18F3N3O3/c1-4-11(21)20-13(14(15,16)17,12(22)23-5-2)19-10-8-6-7-9(3)18-10/h6-8H,4-5H2,1-3H3,(H,18,19)(H,20,21)/t13-/m1/s1. The van der Waals surface area contributed by atoms with E-state index in [0.29, 0.717) is 5.69 Å². The summed E-state index contributed by atoms with van der Waals surface area (Å²) in [6.45, 7) is 4.04. The molecule has 0 spiro atoms. The van der Waals surface area contributed by atoms with Gasteiger partial charge >= 0.3 is 17.8 Å². The van der Waals surface area contributed by atoms with Crippen molar-refractivity contribution in [2.45, 2.75) is 39.0 Å². The number of rotatable bonds is 6. The molecule has 0 aliphatic carbocycles. The van der Waals surface area contributed by atoms with Crippen LogP contribution in [0.25, 0.3) is 0 Å². The number of carbonyl (C=O) groups is 2. The molecule has 23 heavy (non-hydrogen) atoms. The number of anilines is 1. The summed E-state index contributed by atoms with van der Waals surface area (Å²) in [6, 6.07) is 4.30. The number of nitrogens with one attached hydrogen (secondary N) is 2. The van der Waals surface area contributed by atoms with Crippen LogP contribution in [0.15, 0.2) is 18.2 Å². The number of amides is 1. The first kappa shape index (κ1) is 18.7. The third kappa shape index (κ3) is 4.33. The lowest BCUT2D eigenvalue weighted by molar-refractivity contribution is -0.207. The van der Waals surface area contributed by atoms with Crippen molar-refractivity contribution >= 4 is 17.7 Å². The van der Waals surface area contributed by atoms with Crippen molar-refractivity contribution in [3.63, 3.8) is 0 Å². The summed E-state index contributed by atoms with van der Waals surface area (Å²) in [6.07, 6.45) is -5.38. The first-order chi connectivity index (χ1) is 10.7. The van der Waals surface area contributed by atoms with Crippen LogP contribution in [0.3, 0.4) is 0 Å². The molecule has 1 aromatic rings. The van der Waals surface area contributed by atoms with Crippen molar-refractivity contribution in [1.82, 2.24) is 10.3 Å². The Hall–Kier alpha value is -2.32. The van der Waals surface area contributed by atoms with E-state index in [9.17, 15) is 22.8 Å². The van der Waals surface area contributed by atoms with E-state index >= 15 is 0 Å². The number of aryl methyl sites for hydroxylation is 1. The Balaban J connectivity index is 3.36. The van der Waals surface area contributed by atoms with Gasteiger partial charge in [0.15, 0.2) is 0 Å². The topological polar surface area (TPSA) is 80.3 Å². The number of aromatic nitrogens is 1. The number of esters is 1. The van der Waals surface area contributed by atoms with Crippen LogP contribution in [0, 0.1) is 6.92 Å². The van der Waals surface area contributed by atoms with Gasteiger partial charge in [0.05, 0.1) is 6.61 Å². The van der Waals surface area contributed by atoms with Gasteiger partial charge in [-0.15, -0.1) is 0 Å². The quantitative estimate of drug-likeness (QED) is 0.616. The minimum atomic E-state index is -5.14. The Labute approximate surface area is 131 Å². The fraction of sp³-hybridized carbons (Fsp3) is 0.500. The van der Waals surface area contributed by atoms with Gasteiger partial charge in [-0.25, -0.2) is 9.78 Å². The molecular formula is C14H18F3N3O3. The second-order valence-electron chi connectivity index (χ2n) is 4.66. The van der Waals surface area contributed by atoms with Gasteiger partial charge < -0.3 is 15.4 Å². The van der Waals surface area contributed by atoms with Gasteiger partial charge in [-0.3, -0.25) is 4.79 Å². The van der Waals surface area contributed by atoms with E-state index in [2.05, 4.69) is 9.72 Å². The maximum Gasteiger partial charge on any atom is 0.441 e. The summed E-state index contributed by atoms with van der Waals surface area (Å²) in [7, 11) is 0. The molecule has 0 unspecified atom stereocenters. The van der Waals surface area contributed by atoms with Gasteiger partial charge in [0.2, 0.25) is 5.91 Å². The summed E-state index contributed by atoms with van der Waals surface area (Å²) < 4.78 is 45.4. The maximum absolute atomic E-state index is 13.6. The van der Waals surface area contributed by atoms with E-state index in [4.69, 9.17) is 0 Å². The first-order valence-corrected chi connectivity index (χ1v) is 6.93. The average molecular weight is 333 g/mol. The second kappa shape index (κ2) is 7.30. The molecule has 0 bridgehead atoms. The maximum atomic E-state index is 13.6. The Morgan fingerprint density at radius 3 is 2.39 bits per heavy atom. The number of carbonyl (C=O) groups excluding carboxylic acids is 2. The molecule has 0 radical (unpaired) electrons. The van der Waals surface area contributed by atoms with Crippen molar-refractivity contribution < 1.29 is 27.5 Å². The molecular weight excluding hydrogens is 315 g/mol. The SMILES string of the molecule is CCOC(=O)[C@](NC(=O)CC)(Nc1cccc(C)n1)C(F)(F)F. The Kier molecular flexibility index (Phi) is 5.94. The van der Waals surface area contributed by atoms with Gasteiger partial charge in [-0.2, -0.15) is 13.2 Å². The monoisotopic (exact) mass is 333 g/mol. The minimum Gasteiger partial charge on any atom is -0.463 e. The van der Waals surface area contributed by atoms with E-state index in [1.165, 1.54) is 26.0 Å². The summed E-state index contributed by atoms with van der Waals surface area (Å²) in [5.74, 6) is -2.83. The number of alkyl halides is 3. The molecule has 1 rings (SSSR count). The number of halogens is 3. The van der Waals surface area contributed by atoms with Crippen molar-refractivity contribution in [1.29, 1.82) is 0 Å². The molecule has 0 aliphatic rings. The van der Waals surface area contributed by atoms with Crippen LogP contribution in [0.5, 0.6) is 0 Å². The lowest BCUT2D eigenvalue weighted by Gasteiger charge is -2.34. The van der Waals surface area contributed by atoms with Crippen LogP contribution >= 0.6 is 0 Å². The van der Waals surface area contributed by atoms with Crippen molar-refractivity contribution in [2.24, 2.45) is 0 Å². The molecule has 0 aliphatic heterocycles. The molecule has 0 saturated carbocycles. The summed E-state index contributed by atoms with van der Waals surface area (Å²) in [5, 5.41) is 3.66. The van der Waals surface area contributed by atoms with Crippen molar-refractivity contribution in [3.8, 4) is 0 Å². The predicted octanol–water partition coefficient (Wildman–Crippen LogP) is 2.15.